The van der Waals surface area contributed by atoms with Gasteiger partial charge in [0, 0.05) is 24.7 Å². The van der Waals surface area contributed by atoms with Crippen LogP contribution in [0.25, 0.3) is 11.0 Å². The number of nitrogens with zero attached hydrogens (tertiary/aromatic N) is 3. The molecule has 2 heterocycles. The van der Waals surface area contributed by atoms with Crippen molar-refractivity contribution in [2.24, 2.45) is 5.92 Å². The van der Waals surface area contributed by atoms with E-state index in [4.69, 9.17) is 0 Å². The van der Waals surface area contributed by atoms with Gasteiger partial charge in [-0.3, -0.25) is 9.36 Å². The number of carbonyl (C=O) groups is 1. The first-order chi connectivity index (χ1) is 14.7. The molecule has 0 bridgehead atoms. The molecule has 1 amide bonds. The van der Waals surface area contributed by atoms with Crippen molar-refractivity contribution in [2.75, 3.05) is 13.1 Å². The lowest BCUT2D eigenvalue weighted by Crippen LogP contribution is -2.39. The monoisotopic (exact) mass is 400 g/mol. The van der Waals surface area contributed by atoms with E-state index in [1.807, 2.05) is 47.4 Å². The van der Waals surface area contributed by atoms with Gasteiger partial charge in [0.05, 0.1) is 23.0 Å². The standard InChI is InChI=1S/C24H24N4O2/c25-15-20(16-4-2-1-3-5-16)17-10-12-27(13-11-17)23(29)18-6-9-22-21(14-18)26-24(30)28(22)19-7-8-19/h1-6,9,14,17,19-20H,7-8,10-13H2,(H,26,30). The fraction of sp³-hybridized carbons (Fsp3) is 0.375. The Labute approximate surface area is 174 Å². The Kier molecular flexibility index (Phi) is 4.66. The van der Waals surface area contributed by atoms with Crippen LogP contribution >= 0.6 is 0 Å². The largest absolute Gasteiger partial charge is 0.339 e. The average molecular weight is 400 g/mol. The van der Waals surface area contributed by atoms with E-state index in [2.05, 4.69) is 11.1 Å². The molecular formula is C24H24N4O2. The molecule has 6 nitrogen and oxygen atoms in total. The molecule has 1 saturated carbocycles. The van der Waals surface area contributed by atoms with Crippen molar-refractivity contribution in [3.63, 3.8) is 0 Å². The Bertz CT molecular complexity index is 1180. The molecule has 1 aliphatic heterocycles. The zero-order chi connectivity index (χ0) is 20.7. The number of nitrogens with one attached hydrogen (secondary N) is 1. The van der Waals surface area contributed by atoms with Crippen LogP contribution < -0.4 is 5.69 Å². The Hall–Kier alpha value is -3.33. The van der Waals surface area contributed by atoms with Crippen LogP contribution in [0.4, 0.5) is 0 Å². The molecule has 6 heteroatoms. The van der Waals surface area contributed by atoms with E-state index in [0.29, 0.717) is 24.7 Å². The van der Waals surface area contributed by atoms with Crippen molar-refractivity contribution >= 4 is 16.9 Å². The van der Waals surface area contributed by atoms with Gasteiger partial charge in [-0.25, -0.2) is 4.79 Å². The van der Waals surface area contributed by atoms with Crippen LogP contribution in [0.15, 0.2) is 53.3 Å². The molecule has 2 fully saturated rings. The van der Waals surface area contributed by atoms with E-state index in [0.717, 1.165) is 42.3 Å². The highest BCUT2D eigenvalue weighted by Gasteiger charge is 2.31. The van der Waals surface area contributed by atoms with Crippen molar-refractivity contribution < 1.29 is 4.79 Å². The molecule has 5 rings (SSSR count). The topological polar surface area (TPSA) is 81.9 Å². The lowest BCUT2D eigenvalue weighted by molar-refractivity contribution is 0.0685. The highest BCUT2D eigenvalue weighted by Crippen LogP contribution is 2.36. The van der Waals surface area contributed by atoms with Crippen molar-refractivity contribution in [3.8, 4) is 6.07 Å². The van der Waals surface area contributed by atoms with Crippen molar-refractivity contribution in [3.05, 3.63) is 70.1 Å². The van der Waals surface area contributed by atoms with Crippen LogP contribution in [0.1, 0.15) is 53.6 Å². The van der Waals surface area contributed by atoms with Crippen molar-refractivity contribution in [1.82, 2.24) is 14.5 Å². The maximum atomic E-state index is 13.1. The second-order valence-corrected chi connectivity index (χ2v) is 8.41. The van der Waals surface area contributed by atoms with Gasteiger partial charge in [-0.1, -0.05) is 30.3 Å². The van der Waals surface area contributed by atoms with Crippen molar-refractivity contribution in [2.45, 2.75) is 37.6 Å². The number of piperidine rings is 1. The molecule has 2 aliphatic rings. The van der Waals surface area contributed by atoms with E-state index >= 15 is 0 Å². The first-order valence-electron chi connectivity index (χ1n) is 10.6. The lowest BCUT2D eigenvalue weighted by Gasteiger charge is -2.34. The number of H-pyrrole nitrogens is 1. The van der Waals surface area contributed by atoms with Gasteiger partial charge in [-0.15, -0.1) is 0 Å². The summed E-state index contributed by atoms with van der Waals surface area (Å²) in [5.74, 6) is 0.114. The highest BCUT2D eigenvalue weighted by atomic mass is 16.2. The van der Waals surface area contributed by atoms with Gasteiger partial charge < -0.3 is 9.88 Å². The molecule has 0 radical (unpaired) electrons. The number of nitriles is 1. The van der Waals surface area contributed by atoms with Crippen LogP contribution in [0, 0.1) is 17.2 Å². The molecular weight excluding hydrogens is 376 g/mol. The molecule has 30 heavy (non-hydrogen) atoms. The third-order valence-electron chi connectivity index (χ3n) is 6.47. The number of amides is 1. The highest BCUT2D eigenvalue weighted by molar-refractivity contribution is 5.97. The quantitative estimate of drug-likeness (QED) is 0.723. The molecule has 3 aromatic rings. The summed E-state index contributed by atoms with van der Waals surface area (Å²) in [6, 6.07) is 18.2. The van der Waals surface area contributed by atoms with E-state index in [1.54, 1.807) is 10.6 Å². The van der Waals surface area contributed by atoms with Gasteiger partial charge in [0.25, 0.3) is 5.91 Å². The van der Waals surface area contributed by atoms with Crippen molar-refractivity contribution in [1.29, 1.82) is 5.26 Å². The summed E-state index contributed by atoms with van der Waals surface area (Å²) in [6.45, 7) is 1.29. The normalized spacial score (nSPS) is 18.3. The van der Waals surface area contributed by atoms with Gasteiger partial charge in [-0.2, -0.15) is 5.26 Å². The molecule has 1 N–H and O–H groups in total. The van der Waals surface area contributed by atoms with Gasteiger partial charge in [-0.05, 0) is 55.4 Å². The first kappa shape index (κ1) is 18.7. The molecule has 1 atom stereocenters. The summed E-state index contributed by atoms with van der Waals surface area (Å²) >= 11 is 0. The van der Waals surface area contributed by atoms with Crippen LogP contribution in [0.2, 0.25) is 0 Å². The summed E-state index contributed by atoms with van der Waals surface area (Å²) in [5.41, 5.74) is 3.16. The van der Waals surface area contributed by atoms with E-state index in [-0.39, 0.29) is 23.4 Å². The minimum atomic E-state index is -0.132. The van der Waals surface area contributed by atoms with Gasteiger partial charge in [0.1, 0.15) is 0 Å². The smallest absolute Gasteiger partial charge is 0.326 e. The van der Waals surface area contributed by atoms with E-state index < -0.39 is 0 Å². The first-order valence-corrected chi connectivity index (χ1v) is 10.6. The molecule has 1 aliphatic carbocycles. The summed E-state index contributed by atoms with van der Waals surface area (Å²) in [7, 11) is 0. The molecule has 2 aromatic carbocycles. The molecule has 1 saturated heterocycles. The fourth-order valence-electron chi connectivity index (χ4n) is 4.69. The van der Waals surface area contributed by atoms with Gasteiger partial charge >= 0.3 is 5.69 Å². The summed E-state index contributed by atoms with van der Waals surface area (Å²) in [5, 5.41) is 9.69. The number of carbonyl (C=O) groups excluding carboxylic acids is 1. The third kappa shape index (κ3) is 3.30. The number of fused-ring (bicyclic) bond motifs is 1. The zero-order valence-electron chi connectivity index (χ0n) is 16.8. The minimum Gasteiger partial charge on any atom is -0.339 e. The Morgan fingerprint density at radius 2 is 1.80 bits per heavy atom. The third-order valence-corrected chi connectivity index (χ3v) is 6.47. The maximum Gasteiger partial charge on any atom is 0.326 e. The zero-order valence-corrected chi connectivity index (χ0v) is 16.8. The summed E-state index contributed by atoms with van der Waals surface area (Å²) in [4.78, 5) is 30.1. The minimum absolute atomic E-state index is 0.0106. The van der Waals surface area contributed by atoms with E-state index in [9.17, 15) is 14.9 Å². The number of aromatic nitrogens is 2. The van der Waals surface area contributed by atoms with Crippen LogP contribution in [-0.4, -0.2) is 33.4 Å². The average Bonchev–Trinajstić information content (AvgIpc) is 3.56. The van der Waals surface area contributed by atoms with Gasteiger partial charge in [0.15, 0.2) is 0 Å². The number of imidazole rings is 1. The number of rotatable bonds is 4. The lowest BCUT2D eigenvalue weighted by atomic mass is 9.81. The fourth-order valence-corrected chi connectivity index (χ4v) is 4.69. The van der Waals surface area contributed by atoms with Crippen LogP contribution in [-0.2, 0) is 0 Å². The Morgan fingerprint density at radius 1 is 1.07 bits per heavy atom. The Balaban J connectivity index is 1.30. The number of hydrogen-bond acceptors (Lipinski definition) is 3. The second-order valence-electron chi connectivity index (χ2n) is 8.41. The van der Waals surface area contributed by atoms with Crippen LogP contribution in [0.3, 0.4) is 0 Å². The predicted molar refractivity (Wildman–Crippen MR) is 114 cm³/mol. The summed E-state index contributed by atoms with van der Waals surface area (Å²) < 4.78 is 1.81. The number of aromatic amines is 1. The molecule has 152 valence electrons. The Morgan fingerprint density at radius 3 is 2.47 bits per heavy atom. The van der Waals surface area contributed by atoms with Crippen LogP contribution in [0.5, 0.6) is 0 Å². The predicted octanol–water partition coefficient (Wildman–Crippen LogP) is 3.82. The summed E-state index contributed by atoms with van der Waals surface area (Å²) in [6.07, 6.45) is 3.70. The number of benzene rings is 2. The maximum absolute atomic E-state index is 13.1. The number of hydrogen-bond donors (Lipinski definition) is 1. The molecule has 1 unspecified atom stereocenters. The molecule has 1 aromatic heterocycles. The van der Waals surface area contributed by atoms with Gasteiger partial charge in [0.2, 0.25) is 0 Å². The number of likely N-dealkylation sites (tertiary alicyclic amines) is 1. The second kappa shape index (κ2) is 7.49. The SMILES string of the molecule is N#CC(c1ccccc1)C1CCN(C(=O)c2ccc3c(c2)[nH]c(=O)n3C2CC2)CC1. The van der Waals surface area contributed by atoms with E-state index in [1.165, 1.54) is 0 Å². The molecule has 0 spiro atoms.